The van der Waals surface area contributed by atoms with E-state index in [1.807, 2.05) is 111 Å². The molecule has 18 rings (SSSR count). The van der Waals surface area contributed by atoms with Crippen molar-refractivity contribution in [3.63, 3.8) is 0 Å². The summed E-state index contributed by atoms with van der Waals surface area (Å²) in [5, 5.41) is 28.1. The molecule has 136 heavy (non-hydrogen) atoms. The third kappa shape index (κ3) is 20.6. The molecule has 4 saturated heterocycles. The molecule has 4 aromatic heterocycles. The van der Waals surface area contributed by atoms with E-state index < -0.39 is 60.1 Å². The number of ether oxygens (including phenoxy) is 5. The highest BCUT2D eigenvalue weighted by Gasteiger charge is 2.45. The van der Waals surface area contributed by atoms with Crippen molar-refractivity contribution >= 4 is 165 Å². The Balaban J connectivity index is 0.000000187. The predicted molar refractivity (Wildman–Crippen MR) is 533 cm³/mol. The molecular formula is C103H118N16O15S2. The van der Waals surface area contributed by atoms with Crippen LogP contribution in [0.15, 0.2) is 182 Å². The summed E-state index contributed by atoms with van der Waals surface area (Å²) in [6.45, 7) is 15.6. The highest BCUT2D eigenvalue weighted by molar-refractivity contribution is 7.99. The predicted octanol–water partition coefficient (Wildman–Crippen LogP) is 19.9. The van der Waals surface area contributed by atoms with E-state index in [2.05, 4.69) is 168 Å². The first-order chi connectivity index (χ1) is 64.5. The number of benzene rings is 10. The summed E-state index contributed by atoms with van der Waals surface area (Å²) in [7, 11) is 5.06. The van der Waals surface area contributed by atoms with Crippen LogP contribution in [0.2, 0.25) is 0 Å². The molecule has 4 aliphatic heterocycles. The molecule has 4 aliphatic rings. The minimum atomic E-state index is -1.13. The molecule has 10 atom stereocenters. The molecule has 0 aliphatic carbocycles. The number of nitrogens with zero attached hydrogens (tertiary/aromatic N) is 8. The van der Waals surface area contributed by atoms with Crippen molar-refractivity contribution in [2.45, 2.75) is 166 Å². The largest absolute Gasteiger partial charge is 0.479 e. The number of aromatic amines is 4. The minimum Gasteiger partial charge on any atom is -0.479 e. The van der Waals surface area contributed by atoms with Crippen LogP contribution < -0.4 is 21.3 Å². The number of rotatable bonds is 20. The van der Waals surface area contributed by atoms with Crippen LogP contribution in [0.1, 0.15) is 173 Å². The van der Waals surface area contributed by atoms with Crippen molar-refractivity contribution in [2.24, 2.45) is 11.8 Å². The molecule has 33 heteroatoms. The van der Waals surface area contributed by atoms with Crippen LogP contribution in [-0.4, -0.2) is 214 Å². The second kappa shape index (κ2) is 41.9. The Kier molecular flexibility index (Phi) is 30.2. The van der Waals surface area contributed by atoms with Gasteiger partial charge in [-0.1, -0.05) is 176 Å². The first-order valence-electron chi connectivity index (χ1n) is 44.9. The molecule has 8 heterocycles. The maximum atomic E-state index is 14.3. The van der Waals surface area contributed by atoms with E-state index in [0.29, 0.717) is 48.4 Å². The Morgan fingerprint density at radius 2 is 0.721 bits per heavy atom. The van der Waals surface area contributed by atoms with Crippen molar-refractivity contribution < 1.29 is 71.9 Å². The minimum absolute atomic E-state index is 0. The number of alkyl carbamates (subject to hydrolysis) is 4. The summed E-state index contributed by atoms with van der Waals surface area (Å²) < 4.78 is 24.6. The van der Waals surface area contributed by atoms with Gasteiger partial charge in [0.25, 0.3) is 5.91 Å². The number of carboxylic acid groups (broad SMARTS) is 1. The topological polar surface area (TPSA) is 396 Å². The quantitative estimate of drug-likeness (QED) is 0.0320. The van der Waals surface area contributed by atoms with Gasteiger partial charge >= 0.3 is 36.4 Å². The van der Waals surface area contributed by atoms with Crippen molar-refractivity contribution in [1.29, 1.82) is 0 Å². The summed E-state index contributed by atoms with van der Waals surface area (Å²) in [6.07, 6.45) is 5.91. The molecule has 0 bridgehead atoms. The Hall–Kier alpha value is -14.0. The molecule has 9 N–H and O–H groups in total. The number of thioether (sulfide) groups is 2. The molecule has 0 radical (unpaired) electrons. The van der Waals surface area contributed by atoms with Crippen molar-refractivity contribution in [3.05, 3.63) is 216 Å². The molecule has 8 amide bonds. The van der Waals surface area contributed by atoms with Gasteiger partial charge in [0.15, 0.2) is 6.04 Å². The van der Waals surface area contributed by atoms with Crippen molar-refractivity contribution in [1.82, 2.24) is 80.7 Å². The zero-order valence-electron chi connectivity index (χ0n) is 76.9. The average molecular weight is 1880 g/mol. The number of methoxy groups -OCH3 is 4. The lowest BCUT2D eigenvalue weighted by atomic mass is 9.98. The summed E-state index contributed by atoms with van der Waals surface area (Å²) >= 11 is 3.49. The number of carbonyl (C=O) groups is 9. The van der Waals surface area contributed by atoms with E-state index in [1.165, 1.54) is 28.4 Å². The van der Waals surface area contributed by atoms with E-state index in [4.69, 9.17) is 44.0 Å². The molecular weight excluding hydrogens is 1770 g/mol. The Morgan fingerprint density at radius 3 is 1.04 bits per heavy atom. The van der Waals surface area contributed by atoms with Crippen LogP contribution in [0.3, 0.4) is 0 Å². The molecule has 4 fully saturated rings. The second-order valence-corrected chi connectivity index (χ2v) is 38.1. The standard InChI is InChI=1S/C48H50N8O6S.C43H49N7O5S.C10H11NO4.2CH4/c1-26(2)39(53-47(59)61-3)45(57)55-21-9-12-37(55)43-49-35-19-15-30-22-28(13-17-33(30)41(35)51-43)29-14-18-34-31(23-29)16-20-36-42(34)52-44(50-36)38-24-32(63-5)25-56(38)46(58)40(54-48(60)62-4)27-10-7-6-8-11-27;1-23(2)35(48-41(52)54-6)40(51)49-18-8-9-33(49)38-44-31-16-12-26-19-24(10-14-29(26)36(31)46-38)25-11-15-30-27(20-25)13-17-32-37(30)47-39(45-32)34-21-28(56-7)22-50(34)42(53)55-43(3,4)5;1-15-10(14)11-8(9(12)13)7-5-3-2-4-6-7;;/h6-8,10-11,13-20,22-23,26,32,37-40H,9,12,21,24-25H2,1-5H3,(H,49,51)(H,50,52)(H,53,59)(H,54,60);10-17,19-20,23,28,33-35H,8-9,18,21-22H2,1-7H3,(H,44,46)(H,45,47)(H,48,52);2-6,8H,1H3,(H,11,14)(H,12,13);2*1H4/t32-,37-,38-,39-,40+;28-,33-,34-,35-;8-;;/m001../s1. The molecule has 0 saturated carbocycles. The van der Waals surface area contributed by atoms with E-state index in [1.54, 1.807) is 53.9 Å². The molecule has 0 unspecified atom stereocenters. The Labute approximate surface area is 796 Å². The maximum Gasteiger partial charge on any atom is 0.410 e. The maximum absolute atomic E-state index is 14.3. The van der Waals surface area contributed by atoms with Gasteiger partial charge in [-0.3, -0.25) is 19.3 Å². The third-order valence-electron chi connectivity index (χ3n) is 25.5. The van der Waals surface area contributed by atoms with E-state index in [0.717, 1.165) is 165 Å². The third-order valence-corrected chi connectivity index (χ3v) is 27.5. The number of aromatic nitrogens is 8. The molecule has 712 valence electrons. The van der Waals surface area contributed by atoms with Crippen LogP contribution in [0.4, 0.5) is 24.0 Å². The zero-order valence-corrected chi connectivity index (χ0v) is 78.5. The number of fused-ring (bicyclic) bond motifs is 12. The normalized spacial score (nSPS) is 17.9. The van der Waals surface area contributed by atoms with Gasteiger partial charge in [-0.15, -0.1) is 0 Å². The van der Waals surface area contributed by atoms with Gasteiger partial charge in [0.05, 0.1) is 96.7 Å². The zero-order chi connectivity index (χ0) is 94.7. The van der Waals surface area contributed by atoms with Crippen molar-refractivity contribution in [3.8, 4) is 22.3 Å². The average Bonchev–Trinajstić information content (AvgIpc) is 1.60. The van der Waals surface area contributed by atoms with Gasteiger partial charge in [-0.25, -0.2) is 48.7 Å². The lowest BCUT2D eigenvalue weighted by Crippen LogP contribution is -2.51. The fourth-order valence-electron chi connectivity index (χ4n) is 18.6. The summed E-state index contributed by atoms with van der Waals surface area (Å²) in [5.41, 5.74) is 11.9. The Bertz CT molecular complexity index is 6800. The molecule has 14 aromatic rings. The first kappa shape index (κ1) is 98.1. The fourth-order valence-corrected chi connectivity index (χ4v) is 20.0. The van der Waals surface area contributed by atoms with Gasteiger partial charge in [0, 0.05) is 58.2 Å². The Morgan fingerprint density at radius 1 is 0.404 bits per heavy atom. The van der Waals surface area contributed by atoms with Gasteiger partial charge in [0.2, 0.25) is 11.8 Å². The fraction of sp³-hybridized carbons (Fsp3) is 0.369. The second-order valence-electron chi connectivity index (χ2n) is 35.8. The smallest absolute Gasteiger partial charge is 0.410 e. The number of likely N-dealkylation sites (tertiary alicyclic amines) is 4. The van der Waals surface area contributed by atoms with E-state index in [9.17, 15) is 43.2 Å². The van der Waals surface area contributed by atoms with Crippen molar-refractivity contribution in [2.75, 3.05) is 67.1 Å². The SMILES string of the molecule is C.C.COC(=O)N[C@@H](C(=O)O)c1ccccc1.COC(=O)N[C@H](C(=O)N1CCC[C@H]1c1nc2c(ccc3cc(-c4ccc5c(ccc6[nH]c([C@@H]7C[C@H](SC)CN7C(=O)OC(C)(C)C)nc65)c4)ccc32)[nH]1)C(C)C.COC(=O)N[C@H](C(=O)N1CCC[C@H]1c1nc2c(ccc3cc(-c4ccc5c(ccc6[nH]c([C@@H]7C[C@H](SC)CN7C(=O)[C@H](NC(=O)OC)c7ccccc7)nc65)c4)ccc32)[nH]1)C(C)C. The number of nitrogens with one attached hydrogen (secondary N) is 8. The molecule has 0 spiro atoms. The number of carbonyl (C=O) groups excluding carboxylic acids is 8. The van der Waals surface area contributed by atoms with Gasteiger partial charge in [0.1, 0.15) is 47.0 Å². The highest BCUT2D eigenvalue weighted by Crippen LogP contribution is 2.44. The number of aliphatic carboxylic acids is 1. The first-order valence-corrected chi connectivity index (χ1v) is 47.5. The van der Waals surface area contributed by atoms with Crippen LogP contribution >= 0.6 is 23.5 Å². The van der Waals surface area contributed by atoms with Crippen LogP contribution in [0.5, 0.6) is 0 Å². The highest BCUT2D eigenvalue weighted by atomic mass is 32.2. The van der Waals surface area contributed by atoms with Gasteiger partial charge in [-0.05, 0) is 187 Å². The number of imidazole rings is 4. The number of amides is 8. The van der Waals surface area contributed by atoms with Crippen LogP contribution in [-0.2, 0) is 42.9 Å². The van der Waals surface area contributed by atoms with Gasteiger partial charge in [-0.2, -0.15) is 23.5 Å². The lowest BCUT2D eigenvalue weighted by molar-refractivity contribution is -0.139. The van der Waals surface area contributed by atoms with E-state index >= 15 is 0 Å². The lowest BCUT2D eigenvalue weighted by Gasteiger charge is -2.29. The summed E-state index contributed by atoms with van der Waals surface area (Å²) in [5.74, 6) is 1.13. The number of carboxylic acids is 1. The van der Waals surface area contributed by atoms with Gasteiger partial charge < -0.3 is 84.7 Å². The van der Waals surface area contributed by atoms with Crippen LogP contribution in [0.25, 0.3) is 109 Å². The number of hydrogen-bond donors (Lipinski definition) is 9. The molecule has 31 nitrogen and oxygen atoms in total. The monoisotopic (exact) mass is 1880 g/mol. The summed E-state index contributed by atoms with van der Waals surface area (Å²) in [4.78, 5) is 155. The number of hydrogen-bond acceptors (Lipinski definition) is 20. The molecule has 10 aromatic carbocycles. The summed E-state index contributed by atoms with van der Waals surface area (Å²) in [6, 6.07) is 55.6. The van der Waals surface area contributed by atoms with Crippen LogP contribution in [0, 0.1) is 11.8 Å². The number of H-pyrrole nitrogens is 4. The van der Waals surface area contributed by atoms with E-state index in [-0.39, 0.29) is 79.9 Å².